The zero-order valence-corrected chi connectivity index (χ0v) is 12.8. The summed E-state index contributed by atoms with van der Waals surface area (Å²) in [6, 6.07) is 12.2. The molecule has 1 aliphatic rings. The first kappa shape index (κ1) is 14.7. The second-order valence-corrected chi connectivity index (χ2v) is 5.74. The third-order valence-corrected chi connectivity index (χ3v) is 4.28. The fourth-order valence-corrected chi connectivity index (χ4v) is 2.85. The van der Waals surface area contributed by atoms with Crippen molar-refractivity contribution >= 4 is 5.91 Å². The minimum Gasteiger partial charge on any atom is -0.351 e. The molecule has 0 saturated carbocycles. The zero-order chi connectivity index (χ0) is 15.4. The molecule has 1 aliphatic heterocycles. The zero-order valence-electron chi connectivity index (χ0n) is 12.8. The van der Waals surface area contributed by atoms with Gasteiger partial charge in [-0.2, -0.15) is 0 Å². The summed E-state index contributed by atoms with van der Waals surface area (Å²) < 4.78 is 0. The van der Waals surface area contributed by atoms with Crippen LogP contribution >= 0.6 is 0 Å². The Hall–Kier alpha value is -2.20. The molecule has 0 fully saturated rings. The Labute approximate surface area is 131 Å². The van der Waals surface area contributed by atoms with Gasteiger partial charge in [-0.25, -0.2) is 0 Å². The molecule has 114 valence electrons. The SMILES string of the molecule is CC(C(=O)NCc1cccnc1)N1CCc2ccccc2C1. The Morgan fingerprint density at radius 1 is 1.27 bits per heavy atom. The molecule has 0 saturated heterocycles. The first-order chi connectivity index (χ1) is 10.7. The quantitative estimate of drug-likeness (QED) is 0.940. The number of hydrogen-bond donors (Lipinski definition) is 1. The predicted octanol–water partition coefficient (Wildman–Crippen LogP) is 2.14. The number of aromatic nitrogens is 1. The Morgan fingerprint density at radius 3 is 2.86 bits per heavy atom. The second kappa shape index (κ2) is 6.71. The lowest BCUT2D eigenvalue weighted by Crippen LogP contribution is -2.46. The Bertz CT molecular complexity index is 642. The molecule has 1 unspecified atom stereocenters. The molecule has 22 heavy (non-hydrogen) atoms. The Balaban J connectivity index is 1.57. The number of pyridine rings is 1. The van der Waals surface area contributed by atoms with Gasteiger partial charge in [-0.15, -0.1) is 0 Å². The minimum atomic E-state index is -0.120. The summed E-state index contributed by atoms with van der Waals surface area (Å²) in [4.78, 5) is 18.7. The summed E-state index contributed by atoms with van der Waals surface area (Å²) in [5.41, 5.74) is 3.76. The summed E-state index contributed by atoms with van der Waals surface area (Å²) in [5, 5.41) is 3.00. The fraction of sp³-hybridized carbons (Fsp3) is 0.333. The van der Waals surface area contributed by atoms with Crippen LogP contribution in [0.4, 0.5) is 0 Å². The van der Waals surface area contributed by atoms with E-state index in [4.69, 9.17) is 0 Å². The number of nitrogens with one attached hydrogen (secondary N) is 1. The van der Waals surface area contributed by atoms with E-state index >= 15 is 0 Å². The largest absolute Gasteiger partial charge is 0.351 e. The first-order valence-electron chi connectivity index (χ1n) is 7.71. The average Bonchev–Trinajstić information content (AvgIpc) is 2.59. The lowest BCUT2D eigenvalue weighted by molar-refractivity contribution is -0.126. The number of carbonyl (C=O) groups is 1. The summed E-state index contributed by atoms with van der Waals surface area (Å²) in [6.07, 6.45) is 4.53. The highest BCUT2D eigenvalue weighted by Crippen LogP contribution is 2.20. The Morgan fingerprint density at radius 2 is 2.09 bits per heavy atom. The number of rotatable bonds is 4. The van der Waals surface area contributed by atoms with E-state index in [0.29, 0.717) is 6.54 Å². The van der Waals surface area contributed by atoms with Gasteiger partial charge in [0, 0.05) is 32.0 Å². The van der Waals surface area contributed by atoms with Gasteiger partial charge in [-0.05, 0) is 36.1 Å². The smallest absolute Gasteiger partial charge is 0.237 e. The van der Waals surface area contributed by atoms with Crippen LogP contribution in [-0.2, 0) is 24.3 Å². The van der Waals surface area contributed by atoms with Crippen molar-refractivity contribution in [3.63, 3.8) is 0 Å². The van der Waals surface area contributed by atoms with Gasteiger partial charge in [0.25, 0.3) is 0 Å². The minimum absolute atomic E-state index is 0.0724. The maximum absolute atomic E-state index is 12.4. The van der Waals surface area contributed by atoms with E-state index in [1.807, 2.05) is 19.1 Å². The number of benzene rings is 1. The van der Waals surface area contributed by atoms with Crippen molar-refractivity contribution in [2.75, 3.05) is 6.54 Å². The standard InChI is InChI=1S/C18H21N3O/c1-14(18(22)20-12-15-5-4-9-19-11-15)21-10-8-16-6-2-3-7-17(16)13-21/h2-7,9,11,14H,8,10,12-13H2,1H3,(H,20,22). The molecule has 4 nitrogen and oxygen atoms in total. The monoisotopic (exact) mass is 295 g/mol. The summed E-state index contributed by atoms with van der Waals surface area (Å²) >= 11 is 0. The van der Waals surface area contributed by atoms with Crippen molar-refractivity contribution in [1.29, 1.82) is 0 Å². The number of hydrogen-bond acceptors (Lipinski definition) is 3. The van der Waals surface area contributed by atoms with Crippen molar-refractivity contribution in [1.82, 2.24) is 15.2 Å². The molecule has 4 heteroatoms. The number of carbonyl (C=O) groups excluding carboxylic acids is 1. The third-order valence-electron chi connectivity index (χ3n) is 4.28. The predicted molar refractivity (Wildman–Crippen MR) is 86.1 cm³/mol. The van der Waals surface area contributed by atoms with E-state index in [9.17, 15) is 4.79 Å². The molecule has 1 N–H and O–H groups in total. The highest BCUT2D eigenvalue weighted by molar-refractivity contribution is 5.81. The molecular weight excluding hydrogens is 274 g/mol. The van der Waals surface area contributed by atoms with Gasteiger partial charge in [0.05, 0.1) is 6.04 Å². The summed E-state index contributed by atoms with van der Waals surface area (Å²) in [6.45, 7) is 4.28. The van der Waals surface area contributed by atoms with Crippen LogP contribution in [0.25, 0.3) is 0 Å². The molecule has 2 heterocycles. The molecule has 1 aromatic carbocycles. The van der Waals surface area contributed by atoms with Crippen LogP contribution in [0.15, 0.2) is 48.8 Å². The number of fused-ring (bicyclic) bond motifs is 1. The van der Waals surface area contributed by atoms with Crippen LogP contribution < -0.4 is 5.32 Å². The molecule has 0 bridgehead atoms. The average molecular weight is 295 g/mol. The highest BCUT2D eigenvalue weighted by Gasteiger charge is 2.24. The van der Waals surface area contributed by atoms with E-state index in [1.165, 1.54) is 11.1 Å². The molecule has 0 spiro atoms. The van der Waals surface area contributed by atoms with Crippen molar-refractivity contribution < 1.29 is 4.79 Å². The molecular formula is C18H21N3O. The van der Waals surface area contributed by atoms with Crippen LogP contribution in [0.3, 0.4) is 0 Å². The Kier molecular flexibility index (Phi) is 4.49. The fourth-order valence-electron chi connectivity index (χ4n) is 2.85. The maximum Gasteiger partial charge on any atom is 0.237 e. The molecule has 1 aromatic heterocycles. The first-order valence-corrected chi connectivity index (χ1v) is 7.71. The van der Waals surface area contributed by atoms with E-state index in [1.54, 1.807) is 12.4 Å². The van der Waals surface area contributed by atoms with Gasteiger partial charge in [-0.1, -0.05) is 30.3 Å². The van der Waals surface area contributed by atoms with Gasteiger partial charge < -0.3 is 5.32 Å². The lowest BCUT2D eigenvalue weighted by atomic mass is 9.99. The van der Waals surface area contributed by atoms with Gasteiger partial charge in [0.15, 0.2) is 0 Å². The maximum atomic E-state index is 12.4. The van der Waals surface area contributed by atoms with Gasteiger partial charge >= 0.3 is 0 Å². The molecule has 0 aliphatic carbocycles. The topological polar surface area (TPSA) is 45.2 Å². The third kappa shape index (κ3) is 3.34. The van der Waals surface area contributed by atoms with Crippen LogP contribution in [0.5, 0.6) is 0 Å². The second-order valence-electron chi connectivity index (χ2n) is 5.74. The summed E-state index contributed by atoms with van der Waals surface area (Å²) in [5.74, 6) is 0.0724. The van der Waals surface area contributed by atoms with E-state index in [2.05, 4.69) is 39.5 Å². The van der Waals surface area contributed by atoms with E-state index in [0.717, 1.165) is 25.1 Å². The van der Waals surface area contributed by atoms with E-state index in [-0.39, 0.29) is 11.9 Å². The van der Waals surface area contributed by atoms with Crippen LogP contribution in [0.1, 0.15) is 23.6 Å². The van der Waals surface area contributed by atoms with Crippen molar-refractivity contribution in [2.45, 2.75) is 32.5 Å². The normalized spacial score (nSPS) is 15.9. The highest BCUT2D eigenvalue weighted by atomic mass is 16.2. The van der Waals surface area contributed by atoms with Crippen LogP contribution in [0, 0.1) is 0 Å². The molecule has 1 atom stereocenters. The molecule has 0 radical (unpaired) electrons. The summed E-state index contributed by atoms with van der Waals surface area (Å²) in [7, 11) is 0. The number of amides is 1. The van der Waals surface area contributed by atoms with Gasteiger partial charge in [-0.3, -0.25) is 14.7 Å². The van der Waals surface area contributed by atoms with E-state index < -0.39 is 0 Å². The van der Waals surface area contributed by atoms with Gasteiger partial charge in [0.2, 0.25) is 5.91 Å². The molecule has 3 rings (SSSR count). The number of nitrogens with zero attached hydrogens (tertiary/aromatic N) is 2. The molecule has 2 aromatic rings. The van der Waals surface area contributed by atoms with Crippen LogP contribution in [0.2, 0.25) is 0 Å². The van der Waals surface area contributed by atoms with Crippen molar-refractivity contribution in [3.8, 4) is 0 Å². The van der Waals surface area contributed by atoms with Crippen molar-refractivity contribution in [2.24, 2.45) is 0 Å². The van der Waals surface area contributed by atoms with Gasteiger partial charge in [0.1, 0.15) is 0 Å². The lowest BCUT2D eigenvalue weighted by Gasteiger charge is -2.32. The molecule has 1 amide bonds. The van der Waals surface area contributed by atoms with Crippen LogP contribution in [-0.4, -0.2) is 28.4 Å². The van der Waals surface area contributed by atoms with Crippen molar-refractivity contribution in [3.05, 3.63) is 65.5 Å².